The van der Waals surface area contributed by atoms with Crippen LogP contribution in [0.15, 0.2) is 18.2 Å². The average Bonchev–Trinajstić information content (AvgIpc) is 2.45. The van der Waals surface area contributed by atoms with Gasteiger partial charge in [0.15, 0.2) is 0 Å². The molecule has 0 saturated heterocycles. The molecule has 0 spiro atoms. The molecular weight excluding hydrogens is 260 g/mol. The second kappa shape index (κ2) is 8.86. The molecule has 0 radical (unpaired) electrons. The topological polar surface area (TPSA) is 26.3 Å². The van der Waals surface area contributed by atoms with Gasteiger partial charge in [0.25, 0.3) is 0 Å². The van der Waals surface area contributed by atoms with Gasteiger partial charge >= 0.3 is 0 Å². The van der Waals surface area contributed by atoms with Gasteiger partial charge in [0, 0.05) is 12.3 Å². The first-order valence-electron chi connectivity index (χ1n) is 8.24. The van der Waals surface area contributed by atoms with E-state index in [0.717, 1.165) is 31.6 Å². The summed E-state index contributed by atoms with van der Waals surface area (Å²) in [5.41, 5.74) is 2.58. The first kappa shape index (κ1) is 17.7. The lowest BCUT2D eigenvalue weighted by atomic mass is 9.96. The third-order valence-electron chi connectivity index (χ3n) is 3.69. The molecule has 0 N–H and O–H groups in total. The van der Waals surface area contributed by atoms with E-state index >= 15 is 0 Å². The Labute approximate surface area is 129 Å². The van der Waals surface area contributed by atoms with Crippen LogP contribution >= 0.6 is 0 Å². The highest BCUT2D eigenvalue weighted by Gasteiger charge is 2.10. The highest BCUT2D eigenvalue weighted by atomic mass is 16.5. The molecule has 0 unspecified atom stereocenters. The highest BCUT2D eigenvalue weighted by molar-refractivity contribution is 5.80. The van der Waals surface area contributed by atoms with Crippen molar-refractivity contribution < 1.29 is 9.53 Å². The first-order valence-corrected chi connectivity index (χ1v) is 8.24. The molecule has 0 aliphatic heterocycles. The van der Waals surface area contributed by atoms with Crippen molar-refractivity contribution >= 4 is 5.78 Å². The SMILES string of the molecule is CCCOc1ccc(CCCC(=O)C(C)C)cc1C(C)C. The highest BCUT2D eigenvalue weighted by Crippen LogP contribution is 2.28. The minimum atomic E-state index is 0.154. The summed E-state index contributed by atoms with van der Waals surface area (Å²) in [6, 6.07) is 6.47. The molecule has 0 atom stereocenters. The zero-order valence-electron chi connectivity index (χ0n) is 14.2. The van der Waals surface area contributed by atoms with Crippen molar-refractivity contribution in [1.29, 1.82) is 0 Å². The van der Waals surface area contributed by atoms with E-state index in [1.807, 2.05) is 13.8 Å². The van der Waals surface area contributed by atoms with Gasteiger partial charge in [-0.15, -0.1) is 0 Å². The number of benzene rings is 1. The predicted molar refractivity (Wildman–Crippen MR) is 89.1 cm³/mol. The van der Waals surface area contributed by atoms with Gasteiger partial charge < -0.3 is 4.74 Å². The largest absolute Gasteiger partial charge is 0.493 e. The van der Waals surface area contributed by atoms with Gasteiger partial charge in [0.1, 0.15) is 11.5 Å². The van der Waals surface area contributed by atoms with E-state index in [2.05, 4.69) is 39.0 Å². The number of ether oxygens (including phenoxy) is 1. The maximum absolute atomic E-state index is 11.7. The van der Waals surface area contributed by atoms with Crippen LogP contribution in [0.3, 0.4) is 0 Å². The summed E-state index contributed by atoms with van der Waals surface area (Å²) in [6.45, 7) is 11.2. The van der Waals surface area contributed by atoms with Crippen molar-refractivity contribution in [3.63, 3.8) is 0 Å². The lowest BCUT2D eigenvalue weighted by Gasteiger charge is -2.15. The van der Waals surface area contributed by atoms with Crippen molar-refractivity contribution in [3.05, 3.63) is 29.3 Å². The molecule has 1 aromatic carbocycles. The number of rotatable bonds is 9. The summed E-state index contributed by atoms with van der Waals surface area (Å²) in [6.07, 6.45) is 3.61. The summed E-state index contributed by atoms with van der Waals surface area (Å²) in [4.78, 5) is 11.7. The Morgan fingerprint density at radius 3 is 2.48 bits per heavy atom. The lowest BCUT2D eigenvalue weighted by molar-refractivity contribution is -0.121. The van der Waals surface area contributed by atoms with Gasteiger partial charge in [-0.3, -0.25) is 4.79 Å². The fourth-order valence-electron chi connectivity index (χ4n) is 2.30. The van der Waals surface area contributed by atoms with Crippen LogP contribution in [-0.4, -0.2) is 12.4 Å². The minimum Gasteiger partial charge on any atom is -0.493 e. The molecule has 2 heteroatoms. The van der Waals surface area contributed by atoms with Crippen LogP contribution < -0.4 is 4.74 Å². The normalized spacial score (nSPS) is 11.2. The molecule has 0 aliphatic carbocycles. The molecule has 118 valence electrons. The maximum atomic E-state index is 11.7. The van der Waals surface area contributed by atoms with Crippen LogP contribution in [0.5, 0.6) is 5.75 Å². The van der Waals surface area contributed by atoms with Crippen LogP contribution in [0.1, 0.15) is 70.9 Å². The van der Waals surface area contributed by atoms with Crippen LogP contribution in [0.25, 0.3) is 0 Å². The van der Waals surface area contributed by atoms with Crippen molar-refractivity contribution in [3.8, 4) is 5.75 Å². The van der Waals surface area contributed by atoms with Crippen LogP contribution in [0.2, 0.25) is 0 Å². The molecule has 1 rings (SSSR count). The fourth-order valence-corrected chi connectivity index (χ4v) is 2.30. The molecule has 0 amide bonds. The molecule has 2 nitrogen and oxygen atoms in total. The molecule has 0 saturated carbocycles. The van der Waals surface area contributed by atoms with Gasteiger partial charge in [-0.1, -0.05) is 46.8 Å². The fraction of sp³-hybridized carbons (Fsp3) is 0.632. The number of aryl methyl sites for hydroxylation is 1. The summed E-state index contributed by atoms with van der Waals surface area (Å²) in [7, 11) is 0. The number of ketones is 1. The molecule has 1 aromatic rings. The van der Waals surface area contributed by atoms with Crippen LogP contribution in [0, 0.1) is 5.92 Å². The standard InChI is InChI=1S/C19H30O2/c1-6-12-21-19-11-10-16(13-17(19)14(2)3)8-7-9-18(20)15(4)5/h10-11,13-15H,6-9,12H2,1-5H3. The van der Waals surface area contributed by atoms with Gasteiger partial charge in [0.2, 0.25) is 0 Å². The van der Waals surface area contributed by atoms with Gasteiger partial charge in [-0.05, 0) is 42.4 Å². The predicted octanol–water partition coefficient (Wildman–Crippen LogP) is 5.15. The second-order valence-corrected chi connectivity index (χ2v) is 6.35. The first-order chi connectivity index (χ1) is 9.95. The minimum absolute atomic E-state index is 0.154. The number of hydrogen-bond acceptors (Lipinski definition) is 2. The Hall–Kier alpha value is -1.31. The van der Waals surface area contributed by atoms with Crippen LogP contribution in [-0.2, 0) is 11.2 Å². The number of hydrogen-bond donors (Lipinski definition) is 0. The Balaban J connectivity index is 2.67. The van der Waals surface area contributed by atoms with Crippen molar-refractivity contribution in [2.24, 2.45) is 5.92 Å². The lowest BCUT2D eigenvalue weighted by Crippen LogP contribution is -2.07. The molecule has 0 bridgehead atoms. The summed E-state index contributed by atoms with van der Waals surface area (Å²) >= 11 is 0. The number of carbonyl (C=O) groups is 1. The molecular formula is C19H30O2. The van der Waals surface area contributed by atoms with Gasteiger partial charge in [0.05, 0.1) is 6.61 Å². The smallest absolute Gasteiger partial charge is 0.135 e. The summed E-state index contributed by atoms with van der Waals surface area (Å²) in [5, 5.41) is 0. The van der Waals surface area contributed by atoms with Crippen LogP contribution in [0.4, 0.5) is 0 Å². The van der Waals surface area contributed by atoms with Gasteiger partial charge in [-0.25, -0.2) is 0 Å². The average molecular weight is 290 g/mol. The Kier molecular flexibility index (Phi) is 7.49. The Bertz CT molecular complexity index is 447. The maximum Gasteiger partial charge on any atom is 0.135 e. The molecule has 0 aromatic heterocycles. The summed E-state index contributed by atoms with van der Waals surface area (Å²) in [5.74, 6) is 1.98. The third-order valence-corrected chi connectivity index (χ3v) is 3.69. The molecule has 0 fully saturated rings. The zero-order chi connectivity index (χ0) is 15.8. The zero-order valence-corrected chi connectivity index (χ0v) is 14.2. The van der Waals surface area contributed by atoms with E-state index in [1.54, 1.807) is 0 Å². The third kappa shape index (κ3) is 5.91. The number of carbonyl (C=O) groups excluding carboxylic acids is 1. The molecule has 0 heterocycles. The van der Waals surface area contributed by atoms with Crippen molar-refractivity contribution in [1.82, 2.24) is 0 Å². The Morgan fingerprint density at radius 2 is 1.90 bits per heavy atom. The molecule has 0 aliphatic rings. The van der Waals surface area contributed by atoms with E-state index in [4.69, 9.17) is 4.74 Å². The quantitative estimate of drug-likeness (QED) is 0.629. The van der Waals surface area contributed by atoms with Gasteiger partial charge in [-0.2, -0.15) is 0 Å². The molecule has 21 heavy (non-hydrogen) atoms. The second-order valence-electron chi connectivity index (χ2n) is 6.35. The van der Waals surface area contributed by atoms with E-state index in [-0.39, 0.29) is 5.92 Å². The monoisotopic (exact) mass is 290 g/mol. The number of Topliss-reactive ketones (excluding diaryl/α,β-unsaturated/α-hetero) is 1. The Morgan fingerprint density at radius 1 is 1.19 bits per heavy atom. The van der Waals surface area contributed by atoms with Crippen molar-refractivity contribution in [2.45, 2.75) is 66.2 Å². The van der Waals surface area contributed by atoms with E-state index in [9.17, 15) is 4.79 Å². The van der Waals surface area contributed by atoms with E-state index < -0.39 is 0 Å². The summed E-state index contributed by atoms with van der Waals surface area (Å²) < 4.78 is 5.82. The van der Waals surface area contributed by atoms with E-state index in [0.29, 0.717) is 18.1 Å². The van der Waals surface area contributed by atoms with E-state index in [1.165, 1.54) is 11.1 Å². The van der Waals surface area contributed by atoms with Crippen molar-refractivity contribution in [2.75, 3.05) is 6.61 Å².